The minimum Gasteiger partial charge on any atom is -0.391 e. The summed E-state index contributed by atoms with van der Waals surface area (Å²) in [5.74, 6) is -10.3. The number of likely N-dealkylation sites (tertiary alicyclic amines) is 1. The van der Waals surface area contributed by atoms with Gasteiger partial charge in [0.2, 0.25) is 70.9 Å². The SMILES string of the molecule is CC(C)C[C@H]1C(=O)N[C@@H](COC(C)(C)C)C(=O)N(C)[C@@H](Cc2ccccc2)C(=O)N(C)[C@@H](CC(C)C)C(=O)N(C)[C@H](C(=O)N2CCCCC2)CC(=O)N2CCC[C@@H]2C(=O)N(C)[C@@H](Cc2cccc(Cl)c2)C(=O)N[C@@H](C(C)C)C(=O)N(C)[C@@H](C(C)C)C(=O)N[C@@H]([C@@H](C)O)C(=O)N(C)CC(=O)N1C. The fourth-order valence-corrected chi connectivity index (χ4v) is 13.6. The highest BCUT2D eigenvalue weighted by atomic mass is 35.5. The normalized spacial score (nSPS) is 25.8. The van der Waals surface area contributed by atoms with Crippen LogP contribution in [0.4, 0.5) is 0 Å². The number of nitrogens with zero attached hydrogens (tertiary/aromatic N) is 9. The van der Waals surface area contributed by atoms with Gasteiger partial charge in [0.05, 0.1) is 31.3 Å². The van der Waals surface area contributed by atoms with Gasteiger partial charge in [0.15, 0.2) is 0 Å². The van der Waals surface area contributed by atoms with E-state index in [4.69, 9.17) is 16.3 Å². The van der Waals surface area contributed by atoms with Crippen LogP contribution in [0.1, 0.15) is 146 Å². The van der Waals surface area contributed by atoms with Crippen molar-refractivity contribution in [3.8, 4) is 0 Å². The maximum atomic E-state index is 15.7. The molecule has 0 saturated carbocycles. The van der Waals surface area contributed by atoms with Gasteiger partial charge in [-0.1, -0.05) is 109 Å². The van der Waals surface area contributed by atoms with Crippen molar-refractivity contribution >= 4 is 82.5 Å². The van der Waals surface area contributed by atoms with E-state index in [0.29, 0.717) is 48.5 Å². The van der Waals surface area contributed by atoms with E-state index >= 15 is 33.6 Å². The number of halogens is 1. The Morgan fingerprint density at radius 3 is 1.65 bits per heavy atom. The zero-order chi connectivity index (χ0) is 75.8. The van der Waals surface area contributed by atoms with E-state index in [1.54, 1.807) is 108 Å². The van der Waals surface area contributed by atoms with Crippen LogP contribution in [0.3, 0.4) is 0 Å². The van der Waals surface area contributed by atoms with Gasteiger partial charge >= 0.3 is 0 Å². The molecule has 11 atom stereocenters. The highest BCUT2D eigenvalue weighted by Crippen LogP contribution is 2.28. The van der Waals surface area contributed by atoms with Crippen LogP contribution >= 0.6 is 11.6 Å². The Kier molecular flexibility index (Phi) is 31.1. The van der Waals surface area contributed by atoms with Gasteiger partial charge < -0.3 is 69.9 Å². The largest absolute Gasteiger partial charge is 0.391 e. The van der Waals surface area contributed by atoms with Crippen molar-refractivity contribution in [3.05, 3.63) is 70.7 Å². The van der Waals surface area contributed by atoms with E-state index in [2.05, 4.69) is 16.0 Å². The number of aliphatic hydroxyl groups is 1. The fourth-order valence-electron chi connectivity index (χ4n) is 13.4. The van der Waals surface area contributed by atoms with Gasteiger partial charge in [0.25, 0.3) is 0 Å². The van der Waals surface area contributed by atoms with E-state index < -0.39 is 174 Å². The summed E-state index contributed by atoms with van der Waals surface area (Å²) in [5.41, 5.74) is 0.334. The smallest absolute Gasteiger partial charge is 0.248 e. The quantitative estimate of drug-likeness (QED) is 0.208. The summed E-state index contributed by atoms with van der Waals surface area (Å²) in [6.45, 7) is 20.4. The third-order valence-corrected chi connectivity index (χ3v) is 19.7. The Hall–Kier alpha value is -7.71. The lowest BCUT2D eigenvalue weighted by Crippen LogP contribution is -2.63. The second-order valence-electron chi connectivity index (χ2n) is 30.3. The number of aliphatic hydroxyl groups excluding tert-OH is 1. The van der Waals surface area contributed by atoms with Crippen LogP contribution in [-0.4, -0.2) is 274 Å². The minimum absolute atomic E-state index is 0.0660. The summed E-state index contributed by atoms with van der Waals surface area (Å²) in [6.07, 6.45) is 0.596. The summed E-state index contributed by atoms with van der Waals surface area (Å²) >= 11 is 6.49. The number of piperidine rings is 1. The first-order valence-electron chi connectivity index (χ1n) is 35.6. The Labute approximate surface area is 603 Å². The molecular weight excluding hydrogens is 1320 g/mol. The van der Waals surface area contributed by atoms with Gasteiger partial charge in [-0.25, -0.2) is 0 Å². The number of hydrogen-bond acceptors (Lipinski definition) is 14. The molecule has 0 unspecified atom stereocenters. The fraction of sp³-hybridized carbons (Fsp3) is 0.676. The number of rotatable bonds is 14. The lowest BCUT2D eigenvalue weighted by molar-refractivity contribution is -0.156. The van der Waals surface area contributed by atoms with Crippen LogP contribution in [0.15, 0.2) is 54.6 Å². The number of amides is 12. The lowest BCUT2D eigenvalue weighted by atomic mass is 9.96. The molecule has 5 rings (SSSR count). The van der Waals surface area contributed by atoms with Crippen LogP contribution in [0.2, 0.25) is 5.02 Å². The second-order valence-corrected chi connectivity index (χ2v) is 30.7. The Balaban J connectivity index is 1.72. The highest BCUT2D eigenvalue weighted by molar-refractivity contribution is 6.30. The van der Waals surface area contributed by atoms with E-state index in [1.807, 2.05) is 27.7 Å². The molecule has 12 amide bonds. The second kappa shape index (κ2) is 37.5. The summed E-state index contributed by atoms with van der Waals surface area (Å²) in [6, 6.07) is 2.00. The molecule has 26 nitrogen and oxygen atoms in total. The van der Waals surface area contributed by atoms with Crippen LogP contribution in [0.5, 0.6) is 0 Å². The zero-order valence-electron chi connectivity index (χ0n) is 63.1. The third kappa shape index (κ3) is 22.6. The molecule has 4 N–H and O–H groups in total. The zero-order valence-corrected chi connectivity index (χ0v) is 63.9. The number of likely N-dealkylation sites (N-methyl/N-ethyl adjacent to an activating group) is 7. The number of carbonyl (C=O) groups is 12. The minimum atomic E-state index is -1.67. The molecule has 27 heteroatoms. The van der Waals surface area contributed by atoms with Crippen molar-refractivity contribution in [1.29, 1.82) is 0 Å². The number of carbonyl (C=O) groups excluding carboxylic acids is 12. The van der Waals surface area contributed by atoms with Gasteiger partial charge in [0.1, 0.15) is 60.4 Å². The summed E-state index contributed by atoms with van der Waals surface area (Å²) < 4.78 is 6.21. The maximum Gasteiger partial charge on any atom is 0.248 e. The van der Waals surface area contributed by atoms with Crippen LogP contribution in [0.25, 0.3) is 0 Å². The van der Waals surface area contributed by atoms with E-state index in [0.717, 1.165) is 21.1 Å². The molecule has 0 bridgehead atoms. The molecule has 3 heterocycles. The number of hydrogen-bond donors (Lipinski definition) is 4. The molecule has 3 aliphatic heterocycles. The van der Waals surface area contributed by atoms with Gasteiger partial charge in [0, 0.05) is 86.8 Å². The van der Waals surface area contributed by atoms with Gasteiger partial charge in [-0.05, 0) is 120 Å². The van der Waals surface area contributed by atoms with Crippen molar-refractivity contribution < 1.29 is 67.4 Å². The van der Waals surface area contributed by atoms with Crippen molar-refractivity contribution in [2.24, 2.45) is 23.7 Å². The van der Waals surface area contributed by atoms with Crippen molar-refractivity contribution in [2.45, 2.75) is 219 Å². The maximum absolute atomic E-state index is 15.7. The van der Waals surface area contributed by atoms with Crippen LogP contribution in [0, 0.1) is 23.7 Å². The molecule has 0 aromatic heterocycles. The molecule has 0 aliphatic carbocycles. The predicted molar refractivity (Wildman–Crippen MR) is 384 cm³/mol. The Morgan fingerprint density at radius 2 is 1.09 bits per heavy atom. The first-order chi connectivity index (χ1) is 47.2. The lowest BCUT2D eigenvalue weighted by Gasteiger charge is -2.40. The van der Waals surface area contributed by atoms with Gasteiger partial charge in [-0.2, -0.15) is 0 Å². The van der Waals surface area contributed by atoms with Crippen molar-refractivity contribution in [3.63, 3.8) is 0 Å². The summed E-state index contributed by atoms with van der Waals surface area (Å²) in [5, 5.41) is 19.9. The molecule has 3 fully saturated rings. The van der Waals surface area contributed by atoms with Crippen LogP contribution in [-0.2, 0) is 75.1 Å². The molecule has 0 spiro atoms. The standard InChI is InChI=1S/C74H115ClN12O14/c1-44(2)36-54-64(91)76-52(43-101-74(10,11)12)67(94)82(16)57(39-49-28-22-20-23-29-49)70(97)83(17)56(37-45(3)4)69(96)84(18)58(71(98)86-33-24-21-25-34-86)41-59(89)87-35-27-32-53(87)68(95)81(15)55(40-50-30-26-31-51(75)38-50)65(92)77-61(46(5)6)73(100)85(19)63(47(7)8)66(93)78-62(48(9)88)72(99)79(13)42-60(90)80(54)14/h20,22-23,26,28-31,38,44-48,52-58,61-63,88H,21,24-25,27,32-37,39-43H2,1-19H3,(H,76,91)(H,77,92)(H,78,93)/t48-,52+,53-,54+,55+,56+,57+,58+,61+,62+,63+/m1/s1. The molecular formula is C74H115ClN12O14. The van der Waals surface area contributed by atoms with Gasteiger partial charge in [-0.15, -0.1) is 0 Å². The molecule has 2 aromatic carbocycles. The first kappa shape index (κ1) is 83.9. The molecule has 101 heavy (non-hydrogen) atoms. The third-order valence-electron chi connectivity index (χ3n) is 19.4. The van der Waals surface area contributed by atoms with Crippen molar-refractivity contribution in [1.82, 2.24) is 60.0 Å². The van der Waals surface area contributed by atoms with Gasteiger partial charge in [-0.3, -0.25) is 57.5 Å². The number of fused-ring (bicyclic) bond motifs is 1. The number of ether oxygens (including phenoxy) is 1. The molecule has 3 aliphatic rings. The Morgan fingerprint density at radius 1 is 0.545 bits per heavy atom. The Bertz CT molecular complexity index is 3230. The molecule has 2 aromatic rings. The predicted octanol–water partition coefficient (Wildman–Crippen LogP) is 4.01. The average molecular weight is 1430 g/mol. The van der Waals surface area contributed by atoms with Crippen molar-refractivity contribution in [2.75, 3.05) is 82.1 Å². The number of nitrogens with one attached hydrogen (secondary N) is 3. The molecule has 3 saturated heterocycles. The number of benzene rings is 2. The van der Waals surface area contributed by atoms with Crippen LogP contribution < -0.4 is 16.0 Å². The highest BCUT2D eigenvalue weighted by Gasteiger charge is 2.47. The summed E-state index contributed by atoms with van der Waals surface area (Å²) in [7, 11) is 9.75. The van der Waals surface area contributed by atoms with E-state index in [9.17, 15) is 29.1 Å². The summed E-state index contributed by atoms with van der Waals surface area (Å²) in [4.78, 5) is 192. The topological polar surface area (TPSA) is 300 Å². The molecule has 0 radical (unpaired) electrons. The monoisotopic (exact) mass is 1430 g/mol. The first-order valence-corrected chi connectivity index (χ1v) is 36.0. The average Bonchev–Trinajstić information content (AvgIpc) is 1.65. The van der Waals surface area contributed by atoms with E-state index in [-0.39, 0.29) is 50.5 Å². The molecule has 562 valence electrons. The van der Waals surface area contributed by atoms with E-state index in [1.165, 1.54) is 80.8 Å².